The van der Waals surface area contributed by atoms with Crippen molar-refractivity contribution in [2.24, 2.45) is 11.3 Å². The van der Waals surface area contributed by atoms with Crippen LogP contribution in [0.5, 0.6) is 0 Å². The van der Waals surface area contributed by atoms with Crippen molar-refractivity contribution < 1.29 is 4.39 Å². The van der Waals surface area contributed by atoms with Crippen LogP contribution in [0.15, 0.2) is 18.2 Å². The fourth-order valence-electron chi connectivity index (χ4n) is 2.52. The third-order valence-corrected chi connectivity index (χ3v) is 4.36. The van der Waals surface area contributed by atoms with E-state index in [1.54, 1.807) is 12.1 Å². The van der Waals surface area contributed by atoms with Crippen molar-refractivity contribution in [1.82, 2.24) is 5.32 Å². The van der Waals surface area contributed by atoms with Crippen LogP contribution < -0.4 is 5.32 Å². The molecule has 1 N–H and O–H groups in total. The highest BCUT2D eigenvalue weighted by molar-refractivity contribution is 6.30. The van der Waals surface area contributed by atoms with Gasteiger partial charge in [-0.1, -0.05) is 39.3 Å². The Morgan fingerprint density at radius 2 is 1.90 bits per heavy atom. The van der Waals surface area contributed by atoms with E-state index in [1.807, 2.05) is 0 Å². The fraction of sp³-hybridized carbons (Fsp3) is 0.647. The van der Waals surface area contributed by atoms with Crippen molar-refractivity contribution in [3.63, 3.8) is 0 Å². The summed E-state index contributed by atoms with van der Waals surface area (Å²) < 4.78 is 13.9. The first-order valence-electron chi connectivity index (χ1n) is 7.57. The molecule has 0 aliphatic carbocycles. The number of nitrogens with one attached hydrogen (secondary N) is 1. The molecule has 1 aromatic carbocycles. The van der Waals surface area contributed by atoms with Gasteiger partial charge in [-0.15, -0.1) is 0 Å². The minimum absolute atomic E-state index is 0.0976. The zero-order valence-electron chi connectivity index (χ0n) is 13.1. The Hall–Kier alpha value is -0.600. The molecule has 0 amide bonds. The van der Waals surface area contributed by atoms with Gasteiger partial charge in [0, 0.05) is 11.6 Å². The van der Waals surface area contributed by atoms with Crippen LogP contribution in [0, 0.1) is 17.2 Å². The summed E-state index contributed by atoms with van der Waals surface area (Å²) in [4.78, 5) is 0. The maximum absolute atomic E-state index is 13.9. The molecule has 0 saturated carbocycles. The van der Waals surface area contributed by atoms with Crippen LogP contribution in [0.1, 0.15) is 46.1 Å². The highest BCUT2D eigenvalue weighted by Gasteiger charge is 2.27. The first-order valence-corrected chi connectivity index (χ1v) is 7.95. The van der Waals surface area contributed by atoms with Gasteiger partial charge in [0.2, 0.25) is 0 Å². The predicted octanol–water partition coefficient (Wildman–Crippen LogP) is 5.07. The topological polar surface area (TPSA) is 12.0 Å². The summed E-state index contributed by atoms with van der Waals surface area (Å²) in [6.45, 7) is 10.7. The van der Waals surface area contributed by atoms with Gasteiger partial charge in [0.25, 0.3) is 0 Å². The molecule has 1 aromatic rings. The summed E-state index contributed by atoms with van der Waals surface area (Å²) >= 11 is 6.00. The summed E-state index contributed by atoms with van der Waals surface area (Å²) in [5.74, 6) is 0.480. The summed E-state index contributed by atoms with van der Waals surface area (Å²) in [5.41, 5.74) is 0.827. The summed E-state index contributed by atoms with van der Waals surface area (Å²) in [6.07, 6.45) is 2.79. The molecular weight excluding hydrogens is 273 g/mol. The molecule has 1 rings (SSSR count). The summed E-state index contributed by atoms with van der Waals surface area (Å²) in [6, 6.07) is 4.84. The molecule has 1 nitrogen and oxygen atoms in total. The van der Waals surface area contributed by atoms with Crippen molar-refractivity contribution in [3.05, 3.63) is 34.6 Å². The molecule has 0 spiro atoms. The Balaban J connectivity index is 2.81. The molecule has 114 valence electrons. The van der Waals surface area contributed by atoms with Gasteiger partial charge in [0.05, 0.1) is 0 Å². The van der Waals surface area contributed by atoms with E-state index >= 15 is 0 Å². The minimum Gasteiger partial charge on any atom is -0.316 e. The smallest absolute Gasteiger partial charge is 0.126 e. The lowest BCUT2D eigenvalue weighted by Gasteiger charge is -2.33. The van der Waals surface area contributed by atoms with Gasteiger partial charge in [-0.25, -0.2) is 4.39 Å². The Bertz CT molecular complexity index is 413. The average Bonchev–Trinajstić information content (AvgIpc) is 2.41. The number of halogens is 2. The van der Waals surface area contributed by atoms with E-state index in [-0.39, 0.29) is 11.2 Å². The Kier molecular flexibility index (Phi) is 6.97. The predicted molar refractivity (Wildman–Crippen MR) is 85.8 cm³/mol. The van der Waals surface area contributed by atoms with Crippen LogP contribution in [0.25, 0.3) is 0 Å². The molecule has 0 saturated heterocycles. The zero-order chi connectivity index (χ0) is 15.2. The van der Waals surface area contributed by atoms with Crippen LogP contribution in [-0.2, 0) is 6.42 Å². The minimum atomic E-state index is -0.149. The number of benzene rings is 1. The molecule has 20 heavy (non-hydrogen) atoms. The monoisotopic (exact) mass is 299 g/mol. The van der Waals surface area contributed by atoms with E-state index in [0.29, 0.717) is 10.9 Å². The van der Waals surface area contributed by atoms with Gasteiger partial charge in [-0.2, -0.15) is 0 Å². The van der Waals surface area contributed by atoms with E-state index in [2.05, 4.69) is 33.0 Å². The molecule has 0 aromatic heterocycles. The largest absolute Gasteiger partial charge is 0.316 e. The first kappa shape index (κ1) is 17.5. The third-order valence-electron chi connectivity index (χ3n) is 4.13. The Labute approximate surface area is 127 Å². The van der Waals surface area contributed by atoms with Gasteiger partial charge in [-0.05, 0) is 60.9 Å². The lowest BCUT2D eigenvalue weighted by Crippen LogP contribution is -2.37. The Morgan fingerprint density at radius 1 is 1.25 bits per heavy atom. The number of rotatable bonds is 8. The van der Waals surface area contributed by atoms with Crippen LogP contribution in [0.2, 0.25) is 5.02 Å². The number of hydrogen-bond donors (Lipinski definition) is 1. The van der Waals surface area contributed by atoms with Crippen molar-refractivity contribution >= 4 is 11.6 Å². The molecule has 0 aliphatic heterocycles. The lowest BCUT2D eigenvalue weighted by atomic mass is 9.76. The maximum atomic E-state index is 13.9. The summed E-state index contributed by atoms with van der Waals surface area (Å²) in [5, 5.41) is 4.14. The van der Waals surface area contributed by atoms with Crippen molar-refractivity contribution in [2.45, 2.75) is 47.0 Å². The van der Waals surface area contributed by atoms with Gasteiger partial charge in [-0.3, -0.25) is 0 Å². The molecular formula is C17H27ClFN. The zero-order valence-corrected chi connectivity index (χ0v) is 13.9. The Morgan fingerprint density at radius 3 is 2.45 bits per heavy atom. The fourth-order valence-corrected chi connectivity index (χ4v) is 2.72. The second-order valence-corrected chi connectivity index (χ2v) is 6.58. The number of hydrogen-bond acceptors (Lipinski definition) is 1. The van der Waals surface area contributed by atoms with E-state index in [1.165, 1.54) is 6.07 Å². The quantitative estimate of drug-likeness (QED) is 0.706. The SMILES string of the molecule is CCC(CC)(CNCC(C)C)Cc1cc(Cl)ccc1F. The molecule has 0 bridgehead atoms. The second kappa shape index (κ2) is 7.99. The molecule has 0 atom stereocenters. The summed E-state index contributed by atoms with van der Waals surface area (Å²) in [7, 11) is 0. The first-order chi connectivity index (χ1) is 9.42. The molecule has 0 aliphatic rings. The van der Waals surface area contributed by atoms with Crippen LogP contribution >= 0.6 is 11.6 Å². The van der Waals surface area contributed by atoms with Gasteiger partial charge in [0.15, 0.2) is 0 Å². The van der Waals surface area contributed by atoms with E-state index in [0.717, 1.165) is 37.9 Å². The third kappa shape index (κ3) is 5.06. The van der Waals surface area contributed by atoms with Crippen molar-refractivity contribution in [2.75, 3.05) is 13.1 Å². The lowest BCUT2D eigenvalue weighted by molar-refractivity contribution is 0.240. The van der Waals surface area contributed by atoms with Gasteiger partial charge >= 0.3 is 0 Å². The van der Waals surface area contributed by atoms with Crippen molar-refractivity contribution in [1.29, 1.82) is 0 Å². The molecule has 0 radical (unpaired) electrons. The highest BCUT2D eigenvalue weighted by atomic mass is 35.5. The van der Waals surface area contributed by atoms with Crippen LogP contribution in [0.3, 0.4) is 0 Å². The molecule has 0 unspecified atom stereocenters. The normalized spacial score (nSPS) is 12.2. The van der Waals surface area contributed by atoms with Crippen LogP contribution in [-0.4, -0.2) is 13.1 Å². The average molecular weight is 300 g/mol. The van der Waals surface area contributed by atoms with E-state index in [4.69, 9.17) is 11.6 Å². The molecule has 0 heterocycles. The van der Waals surface area contributed by atoms with Crippen LogP contribution in [0.4, 0.5) is 4.39 Å². The molecule has 0 fully saturated rings. The van der Waals surface area contributed by atoms with Gasteiger partial charge in [0.1, 0.15) is 5.82 Å². The van der Waals surface area contributed by atoms with E-state index < -0.39 is 0 Å². The second-order valence-electron chi connectivity index (χ2n) is 6.14. The highest BCUT2D eigenvalue weighted by Crippen LogP contribution is 2.32. The standard InChI is InChI=1S/C17H27ClFN/c1-5-17(6-2,12-20-11-13(3)4)10-14-9-15(18)7-8-16(14)19/h7-9,13,20H,5-6,10-12H2,1-4H3. The van der Waals surface area contributed by atoms with Gasteiger partial charge < -0.3 is 5.32 Å². The molecule has 3 heteroatoms. The maximum Gasteiger partial charge on any atom is 0.126 e. The van der Waals surface area contributed by atoms with E-state index in [9.17, 15) is 4.39 Å². The van der Waals surface area contributed by atoms with Crippen molar-refractivity contribution in [3.8, 4) is 0 Å².